The Hall–Kier alpha value is -2.38. The first kappa shape index (κ1) is 17.0. The zero-order valence-corrected chi connectivity index (χ0v) is 12.5. The molecule has 0 spiro atoms. The standard InChI is InChI=1S/C15H17F2NO5/c1-22-11-5-4-9(7-12(11)23-15(16)17)13(19)18-6-2-3-10(8-18)14(20)21/h4-5,7,10,15H,2-3,6,8H2,1H3,(H,20,21)/t10-/m0/s1. The van der Waals surface area contributed by atoms with Crippen molar-refractivity contribution in [1.29, 1.82) is 0 Å². The van der Waals surface area contributed by atoms with Gasteiger partial charge in [-0.2, -0.15) is 8.78 Å². The normalized spacial score (nSPS) is 17.9. The summed E-state index contributed by atoms with van der Waals surface area (Å²) in [7, 11) is 1.30. The van der Waals surface area contributed by atoms with E-state index in [-0.39, 0.29) is 23.6 Å². The van der Waals surface area contributed by atoms with Crippen molar-refractivity contribution in [3.63, 3.8) is 0 Å². The van der Waals surface area contributed by atoms with Gasteiger partial charge in [-0.05, 0) is 31.0 Å². The molecule has 1 amide bonds. The maximum Gasteiger partial charge on any atom is 0.387 e. The van der Waals surface area contributed by atoms with Crippen molar-refractivity contribution < 1.29 is 33.0 Å². The van der Waals surface area contributed by atoms with Crippen molar-refractivity contribution in [3.05, 3.63) is 23.8 Å². The largest absolute Gasteiger partial charge is 0.493 e. The summed E-state index contributed by atoms with van der Waals surface area (Å²) in [6.07, 6.45) is 1.10. The fourth-order valence-electron chi connectivity index (χ4n) is 2.54. The van der Waals surface area contributed by atoms with Gasteiger partial charge in [-0.1, -0.05) is 0 Å². The number of carboxylic acid groups (broad SMARTS) is 1. The van der Waals surface area contributed by atoms with Crippen molar-refractivity contribution in [2.75, 3.05) is 20.2 Å². The van der Waals surface area contributed by atoms with E-state index >= 15 is 0 Å². The second-order valence-corrected chi connectivity index (χ2v) is 5.17. The Morgan fingerprint density at radius 3 is 2.70 bits per heavy atom. The number of amides is 1. The highest BCUT2D eigenvalue weighted by molar-refractivity contribution is 5.95. The maximum absolute atomic E-state index is 12.5. The molecule has 0 unspecified atom stereocenters. The molecule has 0 aliphatic carbocycles. The molecule has 1 aliphatic rings. The van der Waals surface area contributed by atoms with Gasteiger partial charge in [0.05, 0.1) is 13.0 Å². The zero-order chi connectivity index (χ0) is 17.0. The molecule has 0 bridgehead atoms. The SMILES string of the molecule is COc1ccc(C(=O)N2CCC[C@H](C(=O)O)C2)cc1OC(F)F. The number of likely N-dealkylation sites (tertiary alicyclic amines) is 1. The number of nitrogens with zero attached hydrogens (tertiary/aromatic N) is 1. The van der Waals surface area contributed by atoms with Crippen LogP contribution in [-0.4, -0.2) is 48.7 Å². The van der Waals surface area contributed by atoms with Crippen LogP contribution in [0.5, 0.6) is 11.5 Å². The van der Waals surface area contributed by atoms with Crippen LogP contribution < -0.4 is 9.47 Å². The molecule has 1 atom stereocenters. The van der Waals surface area contributed by atoms with E-state index in [2.05, 4.69) is 4.74 Å². The molecule has 1 saturated heterocycles. The Bertz CT molecular complexity index is 593. The predicted molar refractivity (Wildman–Crippen MR) is 75.9 cm³/mol. The average molecular weight is 329 g/mol. The molecule has 0 radical (unpaired) electrons. The topological polar surface area (TPSA) is 76.1 Å². The minimum Gasteiger partial charge on any atom is -0.493 e. The van der Waals surface area contributed by atoms with Crippen LogP contribution in [0.3, 0.4) is 0 Å². The molecule has 0 saturated carbocycles. The van der Waals surface area contributed by atoms with E-state index in [1.807, 2.05) is 0 Å². The molecule has 1 heterocycles. The molecule has 6 nitrogen and oxygen atoms in total. The summed E-state index contributed by atoms with van der Waals surface area (Å²) in [5.41, 5.74) is 0.146. The van der Waals surface area contributed by atoms with E-state index in [4.69, 9.17) is 9.84 Å². The number of aliphatic carboxylic acids is 1. The smallest absolute Gasteiger partial charge is 0.387 e. The lowest BCUT2D eigenvalue weighted by Gasteiger charge is -2.30. The Morgan fingerprint density at radius 1 is 1.35 bits per heavy atom. The lowest BCUT2D eigenvalue weighted by molar-refractivity contribution is -0.143. The summed E-state index contributed by atoms with van der Waals surface area (Å²) in [5.74, 6) is -2.12. The maximum atomic E-state index is 12.5. The first-order valence-corrected chi connectivity index (χ1v) is 7.07. The van der Waals surface area contributed by atoms with Gasteiger partial charge in [-0.15, -0.1) is 0 Å². The Kier molecular flexibility index (Phi) is 5.36. The highest BCUT2D eigenvalue weighted by atomic mass is 19.3. The van der Waals surface area contributed by atoms with Crippen LogP contribution in [0, 0.1) is 5.92 Å². The van der Waals surface area contributed by atoms with Crippen molar-refractivity contribution >= 4 is 11.9 Å². The quantitative estimate of drug-likeness (QED) is 0.896. The van der Waals surface area contributed by atoms with Gasteiger partial charge in [0.25, 0.3) is 5.91 Å². The van der Waals surface area contributed by atoms with Gasteiger partial charge in [-0.25, -0.2) is 0 Å². The molecule has 1 fully saturated rings. The molecular formula is C15H17F2NO5. The van der Waals surface area contributed by atoms with E-state index in [1.165, 1.54) is 30.2 Å². The van der Waals surface area contributed by atoms with Crippen molar-refractivity contribution in [2.45, 2.75) is 19.5 Å². The third kappa shape index (κ3) is 4.08. The van der Waals surface area contributed by atoms with Crippen LogP contribution in [0.15, 0.2) is 18.2 Å². The van der Waals surface area contributed by atoms with Crippen LogP contribution in [-0.2, 0) is 4.79 Å². The Morgan fingerprint density at radius 2 is 2.09 bits per heavy atom. The van der Waals surface area contributed by atoms with E-state index in [0.29, 0.717) is 19.4 Å². The van der Waals surface area contributed by atoms with Gasteiger partial charge >= 0.3 is 12.6 Å². The molecule has 8 heteroatoms. The minimum atomic E-state index is -3.04. The number of alkyl halides is 2. The molecule has 1 N–H and O–H groups in total. The molecule has 2 rings (SSSR count). The van der Waals surface area contributed by atoms with Gasteiger partial charge in [0, 0.05) is 18.7 Å². The highest BCUT2D eigenvalue weighted by Crippen LogP contribution is 2.30. The predicted octanol–water partition coefficient (Wildman–Crippen LogP) is 2.23. The zero-order valence-electron chi connectivity index (χ0n) is 12.5. The van der Waals surface area contributed by atoms with Crippen molar-refractivity contribution in [3.8, 4) is 11.5 Å². The summed E-state index contributed by atoms with van der Waals surface area (Å²) in [5, 5.41) is 9.06. The molecule has 0 aromatic heterocycles. The number of ether oxygens (including phenoxy) is 2. The van der Waals surface area contributed by atoms with E-state index < -0.39 is 24.4 Å². The fraction of sp³-hybridized carbons (Fsp3) is 0.467. The van der Waals surface area contributed by atoms with E-state index in [1.54, 1.807) is 0 Å². The Balaban J connectivity index is 2.20. The summed E-state index contributed by atoms with van der Waals surface area (Å²) < 4.78 is 34.1. The number of carbonyl (C=O) groups is 2. The fourth-order valence-corrected chi connectivity index (χ4v) is 2.54. The van der Waals surface area contributed by atoms with Crippen LogP contribution in [0.4, 0.5) is 8.78 Å². The van der Waals surface area contributed by atoms with Gasteiger partial charge in [-0.3, -0.25) is 9.59 Å². The van der Waals surface area contributed by atoms with Crippen molar-refractivity contribution in [2.24, 2.45) is 5.92 Å². The number of halogens is 2. The second kappa shape index (κ2) is 7.26. The van der Waals surface area contributed by atoms with Gasteiger partial charge in [0.1, 0.15) is 0 Å². The molecule has 126 valence electrons. The van der Waals surface area contributed by atoms with Gasteiger partial charge in [0.2, 0.25) is 0 Å². The average Bonchev–Trinajstić information content (AvgIpc) is 2.53. The molecule has 1 aromatic carbocycles. The summed E-state index contributed by atoms with van der Waals surface area (Å²) >= 11 is 0. The van der Waals surface area contributed by atoms with E-state index in [0.717, 1.165) is 0 Å². The minimum absolute atomic E-state index is 0.0870. The third-order valence-electron chi connectivity index (χ3n) is 3.68. The highest BCUT2D eigenvalue weighted by Gasteiger charge is 2.29. The molecule has 1 aliphatic heterocycles. The number of piperidine rings is 1. The van der Waals surface area contributed by atoms with E-state index in [9.17, 15) is 18.4 Å². The summed E-state index contributed by atoms with van der Waals surface area (Å²) in [6, 6.07) is 3.98. The molecular weight excluding hydrogens is 312 g/mol. The second-order valence-electron chi connectivity index (χ2n) is 5.17. The lowest BCUT2D eigenvalue weighted by atomic mass is 9.97. The van der Waals surface area contributed by atoms with Crippen molar-refractivity contribution in [1.82, 2.24) is 4.90 Å². The number of carboxylic acids is 1. The number of methoxy groups -OCH3 is 1. The first-order valence-electron chi connectivity index (χ1n) is 7.07. The first-order chi connectivity index (χ1) is 10.9. The van der Waals surface area contributed by atoms with Crippen LogP contribution in [0.25, 0.3) is 0 Å². The monoisotopic (exact) mass is 329 g/mol. The Labute approximate surface area is 131 Å². The van der Waals surface area contributed by atoms with Gasteiger partial charge < -0.3 is 19.5 Å². The summed E-state index contributed by atoms with van der Waals surface area (Å²) in [4.78, 5) is 24.9. The van der Waals surface area contributed by atoms with Crippen LogP contribution in [0.2, 0.25) is 0 Å². The lowest BCUT2D eigenvalue weighted by Crippen LogP contribution is -2.42. The number of carbonyl (C=O) groups excluding carboxylic acids is 1. The summed E-state index contributed by atoms with van der Waals surface area (Å²) in [6.45, 7) is -2.51. The van der Waals surface area contributed by atoms with Gasteiger partial charge in [0.15, 0.2) is 11.5 Å². The number of hydrogen-bond acceptors (Lipinski definition) is 4. The molecule has 23 heavy (non-hydrogen) atoms. The number of hydrogen-bond donors (Lipinski definition) is 1. The van der Waals surface area contributed by atoms with Crippen LogP contribution >= 0.6 is 0 Å². The number of benzene rings is 1. The van der Waals surface area contributed by atoms with Crippen LogP contribution in [0.1, 0.15) is 23.2 Å². The number of rotatable bonds is 5. The third-order valence-corrected chi connectivity index (χ3v) is 3.68. The molecule has 1 aromatic rings.